The maximum atomic E-state index is 10.1. The Morgan fingerprint density at radius 1 is 1.67 bits per heavy atom. The van der Waals surface area contributed by atoms with Crippen LogP contribution in [0.15, 0.2) is 0 Å². The zero-order chi connectivity index (χ0) is 9.14. The molecule has 0 spiro atoms. The minimum Gasteiger partial charge on any atom is -0.390 e. The van der Waals surface area contributed by atoms with Gasteiger partial charge >= 0.3 is 5.95 Å². The van der Waals surface area contributed by atoms with Crippen LogP contribution in [0.4, 0.5) is 5.95 Å². The molecule has 66 valence electrons. The number of quaternary nitrogens is 1. The van der Waals surface area contributed by atoms with Crippen LogP contribution in [0.5, 0.6) is 0 Å². The lowest BCUT2D eigenvalue weighted by atomic mass is 10.9. The Hall–Kier alpha value is -1.57. The van der Waals surface area contributed by atoms with Gasteiger partial charge in [-0.1, -0.05) is 0 Å². The average molecular weight is 173 g/mol. The van der Waals surface area contributed by atoms with Crippen molar-refractivity contribution in [3.05, 3.63) is 10.1 Å². The van der Waals surface area contributed by atoms with Crippen LogP contribution in [0.25, 0.3) is 0 Å². The molecule has 8 nitrogen and oxygen atoms in total. The highest BCUT2D eigenvalue weighted by atomic mass is 16.6. The molecule has 1 heterocycles. The first kappa shape index (κ1) is 8.53. The zero-order valence-corrected chi connectivity index (χ0v) is 6.76. The number of nitrogens with zero attached hydrogens (tertiary/aromatic N) is 5. The highest BCUT2D eigenvalue weighted by molar-refractivity contribution is 4.92. The second-order valence-electron chi connectivity index (χ2n) is 2.58. The van der Waals surface area contributed by atoms with Crippen molar-refractivity contribution in [2.24, 2.45) is 0 Å². The van der Waals surface area contributed by atoms with Crippen LogP contribution in [0.1, 0.15) is 0 Å². The fourth-order valence-corrected chi connectivity index (χ4v) is 0.658. The van der Waals surface area contributed by atoms with Crippen LogP contribution in [0, 0.1) is 10.1 Å². The van der Waals surface area contributed by atoms with Crippen LogP contribution in [-0.2, 0) is 6.67 Å². The van der Waals surface area contributed by atoms with Crippen molar-refractivity contribution in [3.63, 3.8) is 0 Å². The molecule has 0 aromatic carbocycles. The third-order valence-corrected chi connectivity index (χ3v) is 1.06. The number of rotatable bonds is 3. The highest BCUT2D eigenvalue weighted by Crippen LogP contribution is 1.94. The lowest BCUT2D eigenvalue weighted by Crippen LogP contribution is -3.05. The van der Waals surface area contributed by atoms with Gasteiger partial charge in [0.15, 0.2) is 0 Å². The molecular formula is C4H9N6O2+. The van der Waals surface area contributed by atoms with Crippen molar-refractivity contribution in [2.75, 3.05) is 14.1 Å². The normalized spacial score (nSPS) is 10.6. The van der Waals surface area contributed by atoms with Gasteiger partial charge in [-0.3, -0.25) is 0 Å². The second kappa shape index (κ2) is 3.22. The van der Waals surface area contributed by atoms with Gasteiger partial charge in [-0.25, -0.2) is 0 Å². The number of aromatic nitrogens is 4. The van der Waals surface area contributed by atoms with E-state index in [0.717, 1.165) is 4.90 Å². The summed E-state index contributed by atoms with van der Waals surface area (Å²) in [5.41, 5.74) is 0. The van der Waals surface area contributed by atoms with Gasteiger partial charge in [-0.15, -0.1) is 0 Å². The number of nitrogens with one attached hydrogen (secondary N) is 1. The Bertz CT molecular complexity index is 281. The number of nitro groups is 1. The topological polar surface area (TPSA) is 91.2 Å². The first-order valence-corrected chi connectivity index (χ1v) is 3.31. The van der Waals surface area contributed by atoms with E-state index in [9.17, 15) is 10.1 Å². The fourth-order valence-electron chi connectivity index (χ4n) is 0.658. The molecule has 0 aliphatic heterocycles. The summed E-state index contributed by atoms with van der Waals surface area (Å²) in [7, 11) is 3.77. The van der Waals surface area contributed by atoms with E-state index in [1.54, 1.807) is 0 Å². The average Bonchev–Trinajstić information content (AvgIpc) is 2.34. The van der Waals surface area contributed by atoms with Crippen molar-refractivity contribution in [1.82, 2.24) is 20.2 Å². The zero-order valence-electron chi connectivity index (χ0n) is 6.76. The van der Waals surface area contributed by atoms with Gasteiger partial charge in [0.2, 0.25) is 6.67 Å². The Kier molecular flexibility index (Phi) is 2.29. The van der Waals surface area contributed by atoms with E-state index in [1.807, 2.05) is 14.1 Å². The van der Waals surface area contributed by atoms with Crippen LogP contribution in [0.2, 0.25) is 0 Å². The Morgan fingerprint density at radius 3 is 2.75 bits per heavy atom. The standard InChI is InChI=1S/C4H8N6O2/c1-8(2)3-9-6-4(5-7-9)10(11)12/h3H2,1-2H3/p+1. The van der Waals surface area contributed by atoms with E-state index in [-0.39, 0.29) is 0 Å². The van der Waals surface area contributed by atoms with Crippen LogP contribution >= 0.6 is 0 Å². The molecule has 0 aliphatic carbocycles. The largest absolute Gasteiger partial charge is 0.514 e. The van der Waals surface area contributed by atoms with Gasteiger partial charge in [0.1, 0.15) is 0 Å². The molecule has 0 bridgehead atoms. The number of hydrogen-bond donors (Lipinski definition) is 1. The molecule has 0 fully saturated rings. The van der Waals surface area contributed by atoms with E-state index in [4.69, 9.17) is 0 Å². The molecule has 12 heavy (non-hydrogen) atoms. The molecule has 0 saturated carbocycles. The molecule has 0 aliphatic rings. The molecule has 1 rings (SSSR count). The maximum Gasteiger partial charge on any atom is 0.514 e. The highest BCUT2D eigenvalue weighted by Gasteiger charge is 2.15. The van der Waals surface area contributed by atoms with E-state index in [1.165, 1.54) is 4.80 Å². The first-order chi connectivity index (χ1) is 5.59. The lowest BCUT2D eigenvalue weighted by Gasteiger charge is -2.00. The summed E-state index contributed by atoms with van der Waals surface area (Å²) in [6.07, 6.45) is 0. The summed E-state index contributed by atoms with van der Waals surface area (Å²) in [6.45, 7) is 0.459. The van der Waals surface area contributed by atoms with Crippen LogP contribution in [0.3, 0.4) is 0 Å². The van der Waals surface area contributed by atoms with Gasteiger partial charge in [-0.05, 0) is 9.72 Å². The third-order valence-electron chi connectivity index (χ3n) is 1.06. The van der Waals surface area contributed by atoms with Crippen molar-refractivity contribution < 1.29 is 9.82 Å². The smallest absolute Gasteiger partial charge is 0.390 e. The molecule has 1 aromatic heterocycles. The van der Waals surface area contributed by atoms with Gasteiger partial charge in [-0.2, -0.15) is 0 Å². The van der Waals surface area contributed by atoms with Crippen LogP contribution in [-0.4, -0.2) is 39.2 Å². The predicted molar refractivity (Wildman–Crippen MR) is 37.3 cm³/mol. The SMILES string of the molecule is C[NH+](C)Cn1nnc([N+](=O)[O-])n1. The van der Waals surface area contributed by atoms with E-state index < -0.39 is 10.9 Å². The summed E-state index contributed by atoms with van der Waals surface area (Å²) < 4.78 is 0. The third kappa shape index (κ3) is 1.95. The van der Waals surface area contributed by atoms with E-state index in [0.29, 0.717) is 6.67 Å². The molecule has 0 unspecified atom stereocenters. The molecule has 0 radical (unpaired) electrons. The van der Waals surface area contributed by atoms with E-state index >= 15 is 0 Å². The Balaban J connectivity index is 2.71. The summed E-state index contributed by atoms with van der Waals surface area (Å²) in [6, 6.07) is 0. The van der Waals surface area contributed by atoms with Gasteiger partial charge in [0.25, 0.3) is 0 Å². The molecule has 0 saturated heterocycles. The van der Waals surface area contributed by atoms with Gasteiger partial charge in [0, 0.05) is 0 Å². The minimum absolute atomic E-state index is 0.459. The van der Waals surface area contributed by atoms with Gasteiger partial charge in [0.05, 0.1) is 29.5 Å². The van der Waals surface area contributed by atoms with Crippen molar-refractivity contribution in [2.45, 2.75) is 6.67 Å². The molecule has 8 heteroatoms. The van der Waals surface area contributed by atoms with Crippen molar-refractivity contribution in [3.8, 4) is 0 Å². The quantitative estimate of drug-likeness (QED) is 0.409. The summed E-state index contributed by atoms with van der Waals surface area (Å²) in [5.74, 6) is -0.462. The lowest BCUT2D eigenvalue weighted by molar-refractivity contribution is -0.884. The van der Waals surface area contributed by atoms with Crippen LogP contribution < -0.4 is 4.90 Å². The molecule has 0 atom stereocenters. The van der Waals surface area contributed by atoms with Crippen molar-refractivity contribution >= 4 is 5.95 Å². The maximum absolute atomic E-state index is 10.1. The van der Waals surface area contributed by atoms with Gasteiger partial charge < -0.3 is 15.0 Å². The molecular weight excluding hydrogens is 164 g/mol. The summed E-state index contributed by atoms with van der Waals surface area (Å²) in [5, 5.41) is 20.4. The Labute approximate surface area is 67.9 Å². The Morgan fingerprint density at radius 2 is 2.33 bits per heavy atom. The fraction of sp³-hybridized carbons (Fsp3) is 0.750. The van der Waals surface area contributed by atoms with Crippen molar-refractivity contribution in [1.29, 1.82) is 0 Å². The molecule has 1 N–H and O–H groups in total. The summed E-state index contributed by atoms with van der Waals surface area (Å²) >= 11 is 0. The number of tetrazole rings is 1. The summed E-state index contributed by atoms with van der Waals surface area (Å²) in [4.78, 5) is 11.7. The number of hydrogen-bond acceptors (Lipinski definition) is 5. The second-order valence-corrected chi connectivity index (χ2v) is 2.58. The molecule has 0 amide bonds. The minimum atomic E-state index is -0.672. The monoisotopic (exact) mass is 173 g/mol. The molecule has 1 aromatic rings. The predicted octanol–water partition coefficient (Wildman–Crippen LogP) is -2.32. The van der Waals surface area contributed by atoms with E-state index in [2.05, 4.69) is 15.4 Å². The first-order valence-electron chi connectivity index (χ1n) is 3.31.